The average molecular weight is 326 g/mol. The fourth-order valence-electron chi connectivity index (χ4n) is 3.63. The summed E-state index contributed by atoms with van der Waals surface area (Å²) in [7, 11) is 0. The largest absolute Gasteiger partial charge is 0.331 e. The fraction of sp³-hybridized carbons (Fsp3) is 0.368. The van der Waals surface area contributed by atoms with Crippen molar-refractivity contribution in [1.82, 2.24) is 4.90 Å². The van der Waals surface area contributed by atoms with Gasteiger partial charge >= 0.3 is 0 Å². The van der Waals surface area contributed by atoms with E-state index < -0.39 is 5.82 Å². The quantitative estimate of drug-likeness (QED) is 0.681. The maximum Gasteiger partial charge on any atom is 0.257 e. The van der Waals surface area contributed by atoms with E-state index in [1.54, 1.807) is 11.0 Å². The zero-order chi connectivity index (χ0) is 16.8. The fourth-order valence-corrected chi connectivity index (χ4v) is 3.63. The second kappa shape index (κ2) is 5.58. The molecule has 0 spiro atoms. The van der Waals surface area contributed by atoms with Gasteiger partial charge in [0.2, 0.25) is 17.7 Å². The lowest BCUT2D eigenvalue weighted by molar-refractivity contribution is -0.648. The molecule has 1 aromatic carbocycles. The SMILES string of the molecule is C[C@@H]1c2ccccc2CCN1C(=O)c1cc(C2CC2)[n+](N)cc1F. The van der Waals surface area contributed by atoms with Crippen LogP contribution in [0.25, 0.3) is 0 Å². The summed E-state index contributed by atoms with van der Waals surface area (Å²) in [6.07, 6.45) is 4.12. The van der Waals surface area contributed by atoms with Gasteiger partial charge in [-0.3, -0.25) is 4.79 Å². The molecule has 1 atom stereocenters. The normalized spacial score (nSPS) is 19.9. The van der Waals surface area contributed by atoms with Crippen molar-refractivity contribution in [3.8, 4) is 0 Å². The van der Waals surface area contributed by atoms with Crippen LogP contribution in [0, 0.1) is 5.82 Å². The predicted molar refractivity (Wildman–Crippen MR) is 88.3 cm³/mol. The lowest BCUT2D eigenvalue weighted by Crippen LogP contribution is -2.49. The molecular weight excluding hydrogens is 305 g/mol. The van der Waals surface area contributed by atoms with E-state index in [0.717, 1.165) is 30.5 Å². The van der Waals surface area contributed by atoms with Crippen LogP contribution in [0.5, 0.6) is 0 Å². The van der Waals surface area contributed by atoms with E-state index in [2.05, 4.69) is 6.07 Å². The summed E-state index contributed by atoms with van der Waals surface area (Å²) >= 11 is 0. The molecule has 24 heavy (non-hydrogen) atoms. The minimum absolute atomic E-state index is 0.0589. The molecule has 1 fully saturated rings. The molecule has 1 aliphatic heterocycles. The average Bonchev–Trinajstić information content (AvgIpc) is 3.40. The number of nitrogens with two attached hydrogens (primary N) is 1. The standard InChI is InChI=1S/C19H20FN3O/c1-12-15-5-3-2-4-13(15)8-9-22(12)19(24)16-10-18(14-6-7-14)23(21)11-17(16)20/h2-5,10-12,14H,6-9H2,1H3,(H-,21,24)/p+1/t12-/m1/s1. The van der Waals surface area contributed by atoms with Crippen LogP contribution >= 0.6 is 0 Å². The number of pyridine rings is 1. The molecule has 2 heterocycles. The number of aromatic nitrogens is 1. The van der Waals surface area contributed by atoms with Gasteiger partial charge in [-0.05, 0) is 37.3 Å². The number of hydrogen-bond acceptors (Lipinski definition) is 2. The molecule has 1 amide bonds. The number of carbonyl (C=O) groups is 1. The van der Waals surface area contributed by atoms with E-state index in [9.17, 15) is 9.18 Å². The number of halogens is 1. The Balaban J connectivity index is 1.68. The topological polar surface area (TPSA) is 50.2 Å². The van der Waals surface area contributed by atoms with Crippen molar-refractivity contribution in [2.24, 2.45) is 0 Å². The van der Waals surface area contributed by atoms with Crippen molar-refractivity contribution in [2.75, 3.05) is 12.4 Å². The Morgan fingerprint density at radius 2 is 2.08 bits per heavy atom. The van der Waals surface area contributed by atoms with Gasteiger partial charge in [0.15, 0.2) is 0 Å². The first kappa shape index (κ1) is 15.1. The summed E-state index contributed by atoms with van der Waals surface area (Å²) in [5, 5.41) is 0. The number of nitrogens with zero attached hydrogens (tertiary/aromatic N) is 2. The van der Waals surface area contributed by atoms with Crippen LogP contribution in [0.3, 0.4) is 0 Å². The second-order valence-electron chi connectivity index (χ2n) is 6.76. The molecule has 1 aliphatic carbocycles. The zero-order valence-corrected chi connectivity index (χ0v) is 13.7. The second-order valence-corrected chi connectivity index (χ2v) is 6.76. The summed E-state index contributed by atoms with van der Waals surface area (Å²) in [5.74, 6) is 5.39. The van der Waals surface area contributed by atoms with Gasteiger partial charge in [-0.1, -0.05) is 28.9 Å². The molecule has 1 aromatic heterocycles. The summed E-state index contributed by atoms with van der Waals surface area (Å²) in [6, 6.07) is 9.72. The van der Waals surface area contributed by atoms with Crippen LogP contribution < -0.4 is 10.5 Å². The monoisotopic (exact) mass is 326 g/mol. The summed E-state index contributed by atoms with van der Waals surface area (Å²) < 4.78 is 15.7. The van der Waals surface area contributed by atoms with Gasteiger partial charge in [0.1, 0.15) is 0 Å². The smallest absolute Gasteiger partial charge is 0.257 e. The van der Waals surface area contributed by atoms with Crippen LogP contribution in [0.2, 0.25) is 0 Å². The first-order valence-corrected chi connectivity index (χ1v) is 8.45. The van der Waals surface area contributed by atoms with Crippen LogP contribution in [-0.2, 0) is 6.42 Å². The first-order valence-electron chi connectivity index (χ1n) is 8.45. The number of rotatable bonds is 2. The highest BCUT2D eigenvalue weighted by Crippen LogP contribution is 2.39. The molecule has 2 N–H and O–H groups in total. The van der Waals surface area contributed by atoms with E-state index in [-0.39, 0.29) is 17.5 Å². The number of carbonyl (C=O) groups excluding carboxylic acids is 1. The summed E-state index contributed by atoms with van der Waals surface area (Å²) in [5.41, 5.74) is 3.38. The Morgan fingerprint density at radius 1 is 1.33 bits per heavy atom. The highest BCUT2D eigenvalue weighted by Gasteiger charge is 2.36. The maximum absolute atomic E-state index is 14.4. The van der Waals surface area contributed by atoms with E-state index >= 15 is 0 Å². The number of fused-ring (bicyclic) bond motifs is 1. The molecule has 4 nitrogen and oxygen atoms in total. The number of nitrogen functional groups attached to an aromatic ring is 1. The number of benzene rings is 1. The van der Waals surface area contributed by atoms with Crippen LogP contribution in [0.15, 0.2) is 36.5 Å². The molecule has 0 unspecified atom stereocenters. The summed E-state index contributed by atoms with van der Waals surface area (Å²) in [6.45, 7) is 2.61. The first-order chi connectivity index (χ1) is 11.6. The highest BCUT2D eigenvalue weighted by atomic mass is 19.1. The summed E-state index contributed by atoms with van der Waals surface area (Å²) in [4.78, 5) is 14.7. The van der Waals surface area contributed by atoms with E-state index in [1.165, 1.54) is 16.4 Å². The lowest BCUT2D eigenvalue weighted by atomic mass is 9.93. The molecule has 5 heteroatoms. The Morgan fingerprint density at radius 3 is 2.83 bits per heavy atom. The van der Waals surface area contributed by atoms with Crippen molar-refractivity contribution in [3.63, 3.8) is 0 Å². The van der Waals surface area contributed by atoms with Crippen molar-refractivity contribution < 1.29 is 13.9 Å². The van der Waals surface area contributed by atoms with Crippen molar-refractivity contribution >= 4 is 5.91 Å². The van der Waals surface area contributed by atoms with Crippen LogP contribution in [0.1, 0.15) is 58.9 Å². The predicted octanol–water partition coefficient (Wildman–Crippen LogP) is 2.46. The van der Waals surface area contributed by atoms with Gasteiger partial charge < -0.3 is 4.90 Å². The third-order valence-electron chi connectivity index (χ3n) is 5.18. The minimum atomic E-state index is -0.557. The van der Waals surface area contributed by atoms with Gasteiger partial charge in [-0.15, -0.1) is 0 Å². The van der Waals surface area contributed by atoms with Crippen LogP contribution in [-0.4, -0.2) is 17.4 Å². The van der Waals surface area contributed by atoms with Gasteiger partial charge in [0.25, 0.3) is 5.91 Å². The zero-order valence-electron chi connectivity index (χ0n) is 13.7. The molecule has 0 radical (unpaired) electrons. The van der Waals surface area contributed by atoms with Crippen molar-refractivity contribution in [2.45, 2.75) is 38.1 Å². The van der Waals surface area contributed by atoms with E-state index in [4.69, 9.17) is 5.84 Å². The Hall–Kier alpha value is -2.43. The number of amides is 1. The van der Waals surface area contributed by atoms with Crippen molar-refractivity contribution in [1.29, 1.82) is 0 Å². The van der Waals surface area contributed by atoms with E-state index in [0.29, 0.717) is 12.5 Å². The third kappa shape index (κ3) is 2.44. The molecule has 0 bridgehead atoms. The van der Waals surface area contributed by atoms with Gasteiger partial charge in [0.05, 0.1) is 11.6 Å². The Bertz CT molecular complexity index is 816. The lowest BCUT2D eigenvalue weighted by Gasteiger charge is -2.35. The van der Waals surface area contributed by atoms with Gasteiger partial charge in [-0.25, -0.2) is 5.84 Å². The maximum atomic E-state index is 14.4. The number of hydrogen-bond donors (Lipinski definition) is 1. The molecule has 2 aromatic rings. The molecule has 4 rings (SSSR count). The van der Waals surface area contributed by atoms with Gasteiger partial charge in [0, 0.05) is 18.5 Å². The van der Waals surface area contributed by atoms with E-state index in [1.807, 2.05) is 25.1 Å². The van der Waals surface area contributed by atoms with Gasteiger partial charge in [-0.2, -0.15) is 4.39 Å². The Labute approximate surface area is 140 Å². The molecular formula is C19H21FN3O+. The van der Waals surface area contributed by atoms with Crippen LogP contribution in [0.4, 0.5) is 4.39 Å². The highest BCUT2D eigenvalue weighted by molar-refractivity contribution is 5.95. The molecule has 0 saturated heterocycles. The molecule has 2 aliphatic rings. The van der Waals surface area contributed by atoms with Crippen molar-refractivity contribution in [3.05, 3.63) is 64.7 Å². The molecule has 1 saturated carbocycles. The molecule has 124 valence electrons. The Kier molecular flexibility index (Phi) is 3.52. The minimum Gasteiger partial charge on any atom is -0.331 e. The third-order valence-corrected chi connectivity index (χ3v) is 5.18.